The Bertz CT molecular complexity index is 1700. The SMILES string of the molecule is O=C(O)c1ccc(-n2nc3c(c2-c2cccc(-c4c5c(nn4-c4ccc(C(=O)O)cc4)CCCC5)n2)CCCC3)cc1. The van der Waals surface area contributed by atoms with Crippen LogP contribution < -0.4 is 0 Å². The minimum absolute atomic E-state index is 0.228. The van der Waals surface area contributed by atoms with Gasteiger partial charge in [-0.15, -0.1) is 0 Å². The zero-order valence-corrected chi connectivity index (χ0v) is 23.0. The first kappa shape index (κ1) is 25.9. The lowest BCUT2D eigenvalue weighted by molar-refractivity contribution is 0.0686. The lowest BCUT2D eigenvalue weighted by Crippen LogP contribution is -2.05. The summed E-state index contributed by atoms with van der Waals surface area (Å²) in [6.45, 7) is 0. The molecule has 0 spiro atoms. The summed E-state index contributed by atoms with van der Waals surface area (Å²) in [6.07, 6.45) is 7.94. The van der Waals surface area contributed by atoms with Crippen molar-refractivity contribution in [2.75, 3.05) is 0 Å². The van der Waals surface area contributed by atoms with E-state index in [4.69, 9.17) is 15.2 Å². The van der Waals surface area contributed by atoms with Gasteiger partial charge in [-0.25, -0.2) is 23.9 Å². The van der Waals surface area contributed by atoms with Crippen molar-refractivity contribution in [2.24, 2.45) is 0 Å². The van der Waals surface area contributed by atoms with Crippen LogP contribution in [0.2, 0.25) is 0 Å². The highest BCUT2D eigenvalue weighted by Gasteiger charge is 2.27. The van der Waals surface area contributed by atoms with Crippen LogP contribution >= 0.6 is 0 Å². The van der Waals surface area contributed by atoms with Crippen LogP contribution in [0.15, 0.2) is 66.7 Å². The van der Waals surface area contributed by atoms with Crippen molar-refractivity contribution in [3.63, 3.8) is 0 Å². The fraction of sp³-hybridized carbons (Fsp3) is 0.242. The number of nitrogens with zero attached hydrogens (tertiary/aromatic N) is 5. The average Bonchev–Trinajstić information content (AvgIpc) is 3.60. The van der Waals surface area contributed by atoms with Crippen LogP contribution in [0.4, 0.5) is 0 Å². The molecule has 0 radical (unpaired) electrons. The number of aromatic nitrogens is 5. The molecule has 210 valence electrons. The predicted molar refractivity (Wildman–Crippen MR) is 157 cm³/mol. The molecule has 3 heterocycles. The summed E-state index contributed by atoms with van der Waals surface area (Å²) in [5, 5.41) is 28.8. The maximum atomic E-state index is 11.5. The Kier molecular flexibility index (Phi) is 6.42. The van der Waals surface area contributed by atoms with Crippen molar-refractivity contribution in [1.82, 2.24) is 24.5 Å². The van der Waals surface area contributed by atoms with E-state index in [2.05, 4.69) is 0 Å². The Hall–Kier alpha value is -5.05. The van der Waals surface area contributed by atoms with E-state index in [-0.39, 0.29) is 11.1 Å². The maximum Gasteiger partial charge on any atom is 0.335 e. The molecule has 2 aliphatic rings. The number of aryl methyl sites for hydroxylation is 2. The number of rotatable bonds is 6. The van der Waals surface area contributed by atoms with Crippen LogP contribution in [0.3, 0.4) is 0 Å². The highest BCUT2D eigenvalue weighted by molar-refractivity contribution is 5.88. The standard InChI is InChI=1S/C33H29N5O4/c39-32(40)20-12-16-22(17-13-20)37-30(24-6-1-3-8-26(24)35-37)28-10-5-11-29(34-28)31-25-7-2-4-9-27(25)36-38(31)23-18-14-21(15-19-23)33(41)42/h5,10-19H,1-4,6-9H2,(H,39,40)(H,41,42). The summed E-state index contributed by atoms with van der Waals surface area (Å²) in [5.41, 5.74) is 9.99. The van der Waals surface area contributed by atoms with Gasteiger partial charge < -0.3 is 10.2 Å². The van der Waals surface area contributed by atoms with Crippen molar-refractivity contribution < 1.29 is 19.8 Å². The largest absolute Gasteiger partial charge is 0.478 e. The maximum absolute atomic E-state index is 11.5. The van der Waals surface area contributed by atoms with Gasteiger partial charge in [0.2, 0.25) is 0 Å². The van der Waals surface area contributed by atoms with E-state index < -0.39 is 11.9 Å². The number of aromatic carboxylic acids is 2. The van der Waals surface area contributed by atoms with E-state index in [9.17, 15) is 19.8 Å². The summed E-state index contributed by atoms with van der Waals surface area (Å²) < 4.78 is 3.82. The molecule has 2 aliphatic carbocycles. The third-order valence-electron chi connectivity index (χ3n) is 8.27. The van der Waals surface area contributed by atoms with Gasteiger partial charge >= 0.3 is 11.9 Å². The first-order chi connectivity index (χ1) is 20.5. The van der Waals surface area contributed by atoms with Gasteiger partial charge in [0.1, 0.15) is 0 Å². The second-order valence-electron chi connectivity index (χ2n) is 10.9. The quantitative estimate of drug-likeness (QED) is 0.264. The third-order valence-corrected chi connectivity index (χ3v) is 8.27. The summed E-state index contributed by atoms with van der Waals surface area (Å²) >= 11 is 0. The number of carbonyl (C=O) groups is 2. The summed E-state index contributed by atoms with van der Waals surface area (Å²) in [7, 11) is 0. The van der Waals surface area contributed by atoms with E-state index in [0.29, 0.717) is 0 Å². The third kappa shape index (κ3) is 4.47. The molecule has 7 rings (SSSR count). The van der Waals surface area contributed by atoms with Crippen molar-refractivity contribution in [1.29, 1.82) is 0 Å². The molecular formula is C33H29N5O4. The molecule has 0 saturated carbocycles. The van der Waals surface area contributed by atoms with Crippen LogP contribution in [-0.4, -0.2) is 46.7 Å². The van der Waals surface area contributed by atoms with Gasteiger partial charge in [-0.05, 0) is 112 Å². The molecule has 5 aromatic rings. The minimum atomic E-state index is -0.964. The van der Waals surface area contributed by atoms with Crippen LogP contribution in [-0.2, 0) is 25.7 Å². The second-order valence-corrected chi connectivity index (χ2v) is 10.9. The van der Waals surface area contributed by atoms with Crippen LogP contribution in [0, 0.1) is 0 Å². The van der Waals surface area contributed by atoms with Crippen LogP contribution in [0.5, 0.6) is 0 Å². The van der Waals surface area contributed by atoms with Crippen LogP contribution in [0.1, 0.15) is 68.9 Å². The number of benzene rings is 2. The van der Waals surface area contributed by atoms with Crippen LogP contribution in [0.25, 0.3) is 34.2 Å². The topological polar surface area (TPSA) is 123 Å². The molecule has 0 saturated heterocycles. The number of pyridine rings is 1. The predicted octanol–water partition coefficient (Wildman–Crippen LogP) is 5.94. The Morgan fingerprint density at radius 2 is 0.976 bits per heavy atom. The van der Waals surface area contributed by atoms with Crippen molar-refractivity contribution >= 4 is 11.9 Å². The molecule has 2 N–H and O–H groups in total. The molecule has 0 atom stereocenters. The van der Waals surface area contributed by atoms with Gasteiger partial charge in [0.25, 0.3) is 0 Å². The molecule has 3 aromatic heterocycles. The average molecular weight is 560 g/mol. The monoisotopic (exact) mass is 559 g/mol. The molecule has 0 fully saturated rings. The zero-order chi connectivity index (χ0) is 28.8. The fourth-order valence-electron chi connectivity index (χ4n) is 6.20. The van der Waals surface area contributed by atoms with Gasteiger partial charge in [-0.1, -0.05) is 6.07 Å². The molecule has 2 aromatic carbocycles. The van der Waals surface area contributed by atoms with Crippen molar-refractivity contribution in [3.05, 3.63) is 100 Å². The zero-order valence-electron chi connectivity index (χ0n) is 23.0. The minimum Gasteiger partial charge on any atom is -0.478 e. The van der Waals surface area contributed by atoms with Crippen molar-refractivity contribution in [3.8, 4) is 34.2 Å². The van der Waals surface area contributed by atoms with Gasteiger partial charge in [-0.2, -0.15) is 10.2 Å². The van der Waals surface area contributed by atoms with Gasteiger partial charge in [0, 0.05) is 11.1 Å². The van der Waals surface area contributed by atoms with E-state index in [1.807, 2.05) is 27.6 Å². The molecule has 42 heavy (non-hydrogen) atoms. The molecule has 9 heteroatoms. The molecule has 0 amide bonds. The highest BCUT2D eigenvalue weighted by Crippen LogP contribution is 2.37. The van der Waals surface area contributed by atoms with E-state index in [1.54, 1.807) is 48.5 Å². The summed E-state index contributed by atoms with van der Waals surface area (Å²) in [5.74, 6) is -1.93. The van der Waals surface area contributed by atoms with E-state index in [0.717, 1.165) is 96.9 Å². The first-order valence-electron chi connectivity index (χ1n) is 14.3. The number of carboxylic acid groups (broad SMARTS) is 2. The number of hydrogen-bond acceptors (Lipinski definition) is 5. The first-order valence-corrected chi connectivity index (χ1v) is 14.3. The van der Waals surface area contributed by atoms with Crippen molar-refractivity contribution in [2.45, 2.75) is 51.4 Å². The van der Waals surface area contributed by atoms with Gasteiger partial charge in [-0.3, -0.25) is 0 Å². The number of fused-ring (bicyclic) bond motifs is 2. The second kappa shape index (κ2) is 10.4. The smallest absolute Gasteiger partial charge is 0.335 e. The normalized spacial score (nSPS) is 14.3. The number of carboxylic acids is 2. The molecule has 9 nitrogen and oxygen atoms in total. The molecule has 0 aliphatic heterocycles. The fourth-order valence-corrected chi connectivity index (χ4v) is 6.20. The Morgan fingerprint density at radius 3 is 1.38 bits per heavy atom. The molecule has 0 unspecified atom stereocenters. The van der Waals surface area contributed by atoms with E-state index >= 15 is 0 Å². The lowest BCUT2D eigenvalue weighted by Gasteiger charge is -2.15. The summed E-state index contributed by atoms with van der Waals surface area (Å²) in [4.78, 5) is 28.1. The summed E-state index contributed by atoms with van der Waals surface area (Å²) in [6, 6.07) is 19.6. The highest BCUT2D eigenvalue weighted by atomic mass is 16.4. The Balaban J connectivity index is 1.38. The molecular weight excluding hydrogens is 530 g/mol. The lowest BCUT2D eigenvalue weighted by atomic mass is 9.94. The Labute approximate surface area is 242 Å². The van der Waals surface area contributed by atoms with Gasteiger partial charge in [0.15, 0.2) is 0 Å². The number of hydrogen-bond donors (Lipinski definition) is 2. The Morgan fingerprint density at radius 1 is 0.571 bits per heavy atom. The molecule has 0 bridgehead atoms. The van der Waals surface area contributed by atoms with E-state index in [1.165, 1.54) is 11.1 Å². The van der Waals surface area contributed by atoms with Gasteiger partial charge in [0.05, 0.1) is 56.7 Å².